The number of rotatable bonds is 5. The summed E-state index contributed by atoms with van der Waals surface area (Å²) in [7, 11) is 0. The first-order chi connectivity index (χ1) is 11.1. The summed E-state index contributed by atoms with van der Waals surface area (Å²) in [5.74, 6) is -0.878. The Morgan fingerprint density at radius 2 is 2.00 bits per heavy atom. The van der Waals surface area contributed by atoms with E-state index >= 15 is 0 Å². The minimum absolute atomic E-state index is 0.0674. The third kappa shape index (κ3) is 3.51. The lowest BCUT2D eigenvalue weighted by atomic mass is 10.0. The Morgan fingerprint density at radius 3 is 2.78 bits per heavy atom. The number of nitrogens with zero attached hydrogens (tertiary/aromatic N) is 2. The van der Waals surface area contributed by atoms with Crippen molar-refractivity contribution in [2.45, 2.75) is 19.8 Å². The normalized spacial score (nSPS) is 10.7. The Bertz CT molecular complexity index is 827. The molecule has 0 spiro atoms. The van der Waals surface area contributed by atoms with E-state index in [9.17, 15) is 9.18 Å². The number of ketones is 1. The number of carbonyl (C=O) groups is 1. The zero-order valence-corrected chi connectivity index (χ0v) is 12.7. The van der Waals surface area contributed by atoms with Crippen molar-refractivity contribution in [3.8, 4) is 0 Å². The molecule has 0 saturated carbocycles. The summed E-state index contributed by atoms with van der Waals surface area (Å²) in [5.41, 5.74) is 3.47. The van der Waals surface area contributed by atoms with Gasteiger partial charge in [0.15, 0.2) is 11.6 Å². The Morgan fingerprint density at radius 1 is 1.22 bits per heavy atom. The number of carbonyl (C=O) groups excluding carboxylic acids is 1. The quantitative estimate of drug-likeness (QED) is 0.736. The molecule has 0 saturated heterocycles. The molecule has 0 fully saturated rings. The molecule has 23 heavy (non-hydrogen) atoms. The predicted molar refractivity (Wildman–Crippen MR) is 84.8 cm³/mol. The summed E-state index contributed by atoms with van der Waals surface area (Å²) >= 11 is 0. The summed E-state index contributed by atoms with van der Waals surface area (Å²) < 4.78 is 13.8. The number of pyridine rings is 1. The minimum Gasteiger partial charge on any atom is -0.294 e. The smallest absolute Gasteiger partial charge is 0.171 e. The van der Waals surface area contributed by atoms with E-state index in [-0.39, 0.29) is 17.8 Å². The van der Waals surface area contributed by atoms with Crippen LogP contribution in [0.3, 0.4) is 0 Å². The molecule has 0 unspecified atom stereocenters. The minimum atomic E-state index is -0.593. The van der Waals surface area contributed by atoms with Gasteiger partial charge in [0.25, 0.3) is 0 Å². The highest BCUT2D eigenvalue weighted by Crippen LogP contribution is 2.16. The number of H-pyrrole nitrogens is 1. The molecule has 0 aliphatic rings. The van der Waals surface area contributed by atoms with Crippen molar-refractivity contribution in [1.82, 2.24) is 15.2 Å². The summed E-state index contributed by atoms with van der Waals surface area (Å²) in [6.07, 6.45) is 3.56. The maximum absolute atomic E-state index is 13.8. The molecular formula is C18H16FN3O. The van der Waals surface area contributed by atoms with Crippen LogP contribution in [0.4, 0.5) is 4.39 Å². The Hall–Kier alpha value is -2.82. The molecule has 1 N–H and O–H groups in total. The van der Waals surface area contributed by atoms with Gasteiger partial charge in [-0.2, -0.15) is 5.10 Å². The van der Waals surface area contributed by atoms with Gasteiger partial charge in [0.2, 0.25) is 0 Å². The van der Waals surface area contributed by atoms with Crippen molar-refractivity contribution < 1.29 is 9.18 Å². The zero-order valence-electron chi connectivity index (χ0n) is 12.7. The maximum atomic E-state index is 13.8. The topological polar surface area (TPSA) is 58.6 Å². The first-order valence-electron chi connectivity index (χ1n) is 7.34. The van der Waals surface area contributed by atoms with Gasteiger partial charge in [-0.1, -0.05) is 30.3 Å². The van der Waals surface area contributed by atoms with E-state index in [0.717, 1.165) is 17.3 Å². The molecule has 116 valence electrons. The van der Waals surface area contributed by atoms with E-state index in [1.807, 2.05) is 30.3 Å². The van der Waals surface area contributed by atoms with Crippen molar-refractivity contribution in [2.24, 2.45) is 0 Å². The summed E-state index contributed by atoms with van der Waals surface area (Å²) in [6.45, 7) is 1.73. The fraction of sp³-hybridized carbons (Fsp3) is 0.167. The third-order valence-electron chi connectivity index (χ3n) is 3.67. The van der Waals surface area contributed by atoms with Gasteiger partial charge in [0.1, 0.15) is 0 Å². The lowest BCUT2D eigenvalue weighted by Gasteiger charge is -2.05. The molecule has 0 bridgehead atoms. The lowest BCUT2D eigenvalue weighted by molar-refractivity contribution is 0.0987. The number of hydrogen-bond acceptors (Lipinski definition) is 3. The molecule has 0 atom stereocenters. The van der Waals surface area contributed by atoms with Crippen LogP contribution in [0.2, 0.25) is 0 Å². The van der Waals surface area contributed by atoms with Gasteiger partial charge in [-0.15, -0.1) is 0 Å². The molecule has 3 rings (SSSR count). The van der Waals surface area contributed by atoms with Crippen LogP contribution < -0.4 is 0 Å². The Labute approximate surface area is 133 Å². The van der Waals surface area contributed by atoms with Crippen LogP contribution >= 0.6 is 0 Å². The Balaban J connectivity index is 1.80. The molecule has 2 heterocycles. The van der Waals surface area contributed by atoms with Crippen molar-refractivity contribution in [1.29, 1.82) is 0 Å². The highest BCUT2D eigenvalue weighted by Gasteiger charge is 2.16. The van der Waals surface area contributed by atoms with Gasteiger partial charge in [0.05, 0.1) is 24.4 Å². The zero-order chi connectivity index (χ0) is 16.2. The standard InChI is InChI=1S/C18H16FN3O/c1-12-7-15(16(19)11-20-12)18(23)9-17-14(10-21-22-17)8-13-5-3-2-4-6-13/h2-7,10-11H,8-9H2,1H3,(H,21,22). The summed E-state index contributed by atoms with van der Waals surface area (Å²) in [4.78, 5) is 16.2. The van der Waals surface area contributed by atoms with Gasteiger partial charge in [0, 0.05) is 17.8 Å². The van der Waals surface area contributed by atoms with E-state index in [4.69, 9.17) is 0 Å². The number of aromatic amines is 1. The van der Waals surface area contributed by atoms with Crippen molar-refractivity contribution in [2.75, 3.05) is 0 Å². The van der Waals surface area contributed by atoms with Crippen LogP contribution in [0.15, 0.2) is 48.8 Å². The van der Waals surface area contributed by atoms with Crippen LogP contribution in [-0.4, -0.2) is 21.0 Å². The average Bonchev–Trinajstić information content (AvgIpc) is 2.97. The molecule has 0 aliphatic carbocycles. The number of hydrogen-bond donors (Lipinski definition) is 1. The third-order valence-corrected chi connectivity index (χ3v) is 3.67. The van der Waals surface area contributed by atoms with E-state index in [0.29, 0.717) is 17.8 Å². The lowest BCUT2D eigenvalue weighted by Crippen LogP contribution is -2.09. The van der Waals surface area contributed by atoms with Gasteiger partial charge >= 0.3 is 0 Å². The van der Waals surface area contributed by atoms with Crippen molar-refractivity contribution in [3.63, 3.8) is 0 Å². The predicted octanol–water partition coefficient (Wildman–Crippen LogP) is 3.27. The number of halogens is 1. The van der Waals surface area contributed by atoms with E-state index in [1.54, 1.807) is 13.1 Å². The SMILES string of the molecule is Cc1cc(C(=O)Cc2[nH]ncc2Cc2ccccc2)c(F)cn1. The number of aryl methyl sites for hydroxylation is 1. The highest BCUT2D eigenvalue weighted by molar-refractivity contribution is 5.97. The molecule has 1 aromatic carbocycles. The van der Waals surface area contributed by atoms with Gasteiger partial charge in [-0.3, -0.25) is 14.9 Å². The monoisotopic (exact) mass is 309 g/mol. The fourth-order valence-corrected chi connectivity index (χ4v) is 2.47. The van der Waals surface area contributed by atoms with Crippen LogP contribution in [0, 0.1) is 12.7 Å². The van der Waals surface area contributed by atoms with Crippen molar-refractivity contribution >= 4 is 5.78 Å². The number of benzene rings is 1. The fourth-order valence-electron chi connectivity index (χ4n) is 2.47. The van der Waals surface area contributed by atoms with Crippen molar-refractivity contribution in [3.05, 3.63) is 82.7 Å². The molecular weight excluding hydrogens is 293 g/mol. The molecule has 5 heteroatoms. The Kier molecular flexibility index (Phi) is 4.28. The maximum Gasteiger partial charge on any atom is 0.171 e. The van der Waals surface area contributed by atoms with Crippen LogP contribution in [0.1, 0.15) is 32.9 Å². The van der Waals surface area contributed by atoms with Crippen LogP contribution in [0.25, 0.3) is 0 Å². The number of nitrogens with one attached hydrogen (secondary N) is 1. The molecule has 0 aliphatic heterocycles. The molecule has 3 aromatic rings. The largest absolute Gasteiger partial charge is 0.294 e. The summed E-state index contributed by atoms with van der Waals surface area (Å²) in [5, 5.41) is 6.87. The first-order valence-corrected chi connectivity index (χ1v) is 7.34. The first kappa shape index (κ1) is 15.1. The molecule has 4 nitrogen and oxygen atoms in total. The van der Waals surface area contributed by atoms with E-state index < -0.39 is 5.82 Å². The highest BCUT2D eigenvalue weighted by atomic mass is 19.1. The van der Waals surface area contributed by atoms with E-state index in [2.05, 4.69) is 15.2 Å². The van der Waals surface area contributed by atoms with E-state index in [1.165, 1.54) is 6.07 Å². The number of aromatic nitrogens is 3. The van der Waals surface area contributed by atoms with Gasteiger partial charge in [-0.05, 0) is 24.1 Å². The van der Waals surface area contributed by atoms with Gasteiger partial charge in [-0.25, -0.2) is 4.39 Å². The second-order valence-corrected chi connectivity index (χ2v) is 5.44. The molecule has 0 radical (unpaired) electrons. The number of Topliss-reactive ketones (excluding diaryl/α,β-unsaturated/α-hetero) is 1. The van der Waals surface area contributed by atoms with Gasteiger partial charge < -0.3 is 0 Å². The molecule has 2 aromatic heterocycles. The molecule has 0 amide bonds. The average molecular weight is 309 g/mol. The summed E-state index contributed by atoms with van der Waals surface area (Å²) in [6, 6.07) is 11.4. The van der Waals surface area contributed by atoms with Crippen LogP contribution in [0.5, 0.6) is 0 Å². The van der Waals surface area contributed by atoms with Crippen LogP contribution in [-0.2, 0) is 12.8 Å². The second kappa shape index (κ2) is 6.52. The second-order valence-electron chi connectivity index (χ2n) is 5.44.